The zero-order valence-corrected chi connectivity index (χ0v) is 9.78. The lowest BCUT2D eigenvalue weighted by atomic mass is 9.80. The Morgan fingerprint density at radius 2 is 1.40 bits per heavy atom. The number of hydrogen-bond acceptors (Lipinski definition) is 3. The number of piperazine rings is 1. The first-order chi connectivity index (χ1) is 7.33. The molecule has 1 saturated carbocycles. The molecule has 3 aliphatic rings. The van der Waals surface area contributed by atoms with Gasteiger partial charge in [-0.15, -0.1) is 0 Å². The monoisotopic (exact) mass is 209 g/mol. The summed E-state index contributed by atoms with van der Waals surface area (Å²) in [5.74, 6) is 0.990. The van der Waals surface area contributed by atoms with Crippen LogP contribution in [0.25, 0.3) is 0 Å². The van der Waals surface area contributed by atoms with E-state index >= 15 is 0 Å². The van der Waals surface area contributed by atoms with Crippen molar-refractivity contribution in [3.63, 3.8) is 0 Å². The summed E-state index contributed by atoms with van der Waals surface area (Å²) < 4.78 is 0. The molecule has 0 aromatic heterocycles. The summed E-state index contributed by atoms with van der Waals surface area (Å²) in [5, 5.41) is 3.37. The van der Waals surface area contributed by atoms with E-state index in [0.29, 0.717) is 0 Å². The highest BCUT2D eigenvalue weighted by Crippen LogP contribution is 2.31. The number of nitrogens with zero attached hydrogens (tertiary/aromatic N) is 2. The Bertz CT molecular complexity index is 213. The normalized spacial score (nSPS) is 39.8. The van der Waals surface area contributed by atoms with Gasteiger partial charge in [-0.05, 0) is 18.8 Å². The molecule has 3 fully saturated rings. The van der Waals surface area contributed by atoms with Gasteiger partial charge in [0, 0.05) is 51.4 Å². The predicted octanol–water partition coefficient (Wildman–Crippen LogP) is 0.374. The Balaban J connectivity index is 1.44. The second-order valence-electron chi connectivity index (χ2n) is 5.61. The quantitative estimate of drug-likeness (QED) is 0.709. The van der Waals surface area contributed by atoms with Crippen LogP contribution in [0.4, 0.5) is 0 Å². The van der Waals surface area contributed by atoms with Gasteiger partial charge in [-0.25, -0.2) is 0 Å². The van der Waals surface area contributed by atoms with Crippen LogP contribution in [0.1, 0.15) is 19.8 Å². The summed E-state index contributed by atoms with van der Waals surface area (Å²) in [7, 11) is 0. The molecule has 3 nitrogen and oxygen atoms in total. The molecular weight excluding hydrogens is 186 g/mol. The van der Waals surface area contributed by atoms with Crippen molar-refractivity contribution in [2.24, 2.45) is 5.92 Å². The number of nitrogens with one attached hydrogen (secondary N) is 1. The van der Waals surface area contributed by atoms with Crippen molar-refractivity contribution >= 4 is 0 Å². The van der Waals surface area contributed by atoms with Gasteiger partial charge in [0.15, 0.2) is 0 Å². The molecule has 15 heavy (non-hydrogen) atoms. The molecule has 2 saturated heterocycles. The second-order valence-corrected chi connectivity index (χ2v) is 5.61. The van der Waals surface area contributed by atoms with Crippen LogP contribution in [-0.2, 0) is 0 Å². The first kappa shape index (κ1) is 10.1. The van der Waals surface area contributed by atoms with Crippen LogP contribution in [-0.4, -0.2) is 61.2 Å². The molecule has 0 spiro atoms. The van der Waals surface area contributed by atoms with Gasteiger partial charge in [0.1, 0.15) is 0 Å². The topological polar surface area (TPSA) is 18.5 Å². The van der Waals surface area contributed by atoms with Crippen molar-refractivity contribution in [1.82, 2.24) is 15.1 Å². The van der Waals surface area contributed by atoms with Crippen LogP contribution in [0.5, 0.6) is 0 Å². The Hall–Kier alpha value is -0.120. The average Bonchev–Trinajstić information content (AvgIpc) is 2.12. The van der Waals surface area contributed by atoms with Crippen LogP contribution >= 0.6 is 0 Å². The van der Waals surface area contributed by atoms with Gasteiger partial charge in [-0.3, -0.25) is 9.80 Å². The molecular formula is C12H23N3. The predicted molar refractivity (Wildman–Crippen MR) is 62.0 cm³/mol. The molecule has 0 radical (unpaired) electrons. The molecule has 86 valence electrons. The van der Waals surface area contributed by atoms with E-state index < -0.39 is 0 Å². The van der Waals surface area contributed by atoms with Gasteiger partial charge in [-0.2, -0.15) is 0 Å². The van der Waals surface area contributed by atoms with Gasteiger partial charge in [0.25, 0.3) is 0 Å². The molecule has 1 aliphatic carbocycles. The number of rotatable bonds is 2. The van der Waals surface area contributed by atoms with E-state index in [9.17, 15) is 0 Å². The van der Waals surface area contributed by atoms with E-state index in [1.807, 2.05) is 0 Å². The minimum absolute atomic E-state index is 0.854. The summed E-state index contributed by atoms with van der Waals surface area (Å²) in [6.07, 6.45) is 2.90. The lowest BCUT2D eigenvalue weighted by Crippen LogP contribution is -2.63. The van der Waals surface area contributed by atoms with Crippen molar-refractivity contribution in [2.45, 2.75) is 31.8 Å². The van der Waals surface area contributed by atoms with Crippen molar-refractivity contribution in [3.05, 3.63) is 0 Å². The number of hydrogen-bond donors (Lipinski definition) is 1. The summed E-state index contributed by atoms with van der Waals surface area (Å²) >= 11 is 0. The third-order valence-corrected chi connectivity index (χ3v) is 4.49. The smallest absolute Gasteiger partial charge is 0.0346 e. The first-order valence-corrected chi connectivity index (χ1v) is 6.52. The van der Waals surface area contributed by atoms with E-state index in [4.69, 9.17) is 0 Å². The maximum absolute atomic E-state index is 3.37. The molecule has 0 amide bonds. The highest BCUT2D eigenvalue weighted by molar-refractivity contribution is 4.91. The van der Waals surface area contributed by atoms with E-state index in [1.165, 1.54) is 52.1 Å². The van der Waals surface area contributed by atoms with Crippen LogP contribution in [0, 0.1) is 5.92 Å². The molecule has 3 rings (SSSR count). The summed E-state index contributed by atoms with van der Waals surface area (Å²) in [5.41, 5.74) is 0. The average molecular weight is 209 g/mol. The molecule has 0 aromatic rings. The Kier molecular flexibility index (Phi) is 2.71. The van der Waals surface area contributed by atoms with Gasteiger partial charge in [0.2, 0.25) is 0 Å². The van der Waals surface area contributed by atoms with Crippen LogP contribution in [0.15, 0.2) is 0 Å². The van der Waals surface area contributed by atoms with Crippen LogP contribution < -0.4 is 5.32 Å². The molecule has 2 heterocycles. The minimum atomic E-state index is 0.854. The summed E-state index contributed by atoms with van der Waals surface area (Å²) in [6.45, 7) is 10.1. The third kappa shape index (κ3) is 1.93. The SMILES string of the molecule is CC1CC(N2CCN(C3CNC3)CC2)C1. The first-order valence-electron chi connectivity index (χ1n) is 6.52. The minimum Gasteiger partial charge on any atom is -0.314 e. The fourth-order valence-electron chi connectivity index (χ4n) is 3.16. The van der Waals surface area contributed by atoms with E-state index in [2.05, 4.69) is 22.0 Å². The van der Waals surface area contributed by atoms with E-state index in [-0.39, 0.29) is 0 Å². The maximum Gasteiger partial charge on any atom is 0.0346 e. The molecule has 1 N–H and O–H groups in total. The molecule has 0 aromatic carbocycles. The fraction of sp³-hybridized carbons (Fsp3) is 1.00. The van der Waals surface area contributed by atoms with Gasteiger partial charge in [0.05, 0.1) is 0 Å². The zero-order valence-electron chi connectivity index (χ0n) is 9.78. The second kappa shape index (κ2) is 4.04. The summed E-state index contributed by atoms with van der Waals surface area (Å²) in [6, 6.07) is 1.79. The Morgan fingerprint density at radius 1 is 0.867 bits per heavy atom. The van der Waals surface area contributed by atoms with E-state index in [0.717, 1.165) is 18.0 Å². The molecule has 3 heteroatoms. The standard InChI is InChI=1S/C12H23N3/c1-10-6-11(7-10)14-2-4-15(5-3-14)12-8-13-9-12/h10-13H,2-9H2,1H3. The Morgan fingerprint density at radius 3 is 1.80 bits per heavy atom. The van der Waals surface area contributed by atoms with Gasteiger partial charge in [-0.1, -0.05) is 6.92 Å². The molecule has 2 aliphatic heterocycles. The van der Waals surface area contributed by atoms with Crippen LogP contribution in [0.3, 0.4) is 0 Å². The summed E-state index contributed by atoms with van der Waals surface area (Å²) in [4.78, 5) is 5.40. The van der Waals surface area contributed by atoms with Crippen molar-refractivity contribution in [3.8, 4) is 0 Å². The molecule has 0 bridgehead atoms. The Labute approximate surface area is 92.8 Å². The highest BCUT2D eigenvalue weighted by Gasteiger charge is 2.34. The zero-order chi connectivity index (χ0) is 10.3. The van der Waals surface area contributed by atoms with E-state index in [1.54, 1.807) is 0 Å². The fourth-order valence-corrected chi connectivity index (χ4v) is 3.16. The van der Waals surface area contributed by atoms with Crippen molar-refractivity contribution in [1.29, 1.82) is 0 Å². The van der Waals surface area contributed by atoms with Gasteiger partial charge >= 0.3 is 0 Å². The van der Waals surface area contributed by atoms with Crippen molar-refractivity contribution < 1.29 is 0 Å². The molecule has 0 unspecified atom stereocenters. The van der Waals surface area contributed by atoms with Crippen molar-refractivity contribution in [2.75, 3.05) is 39.3 Å². The third-order valence-electron chi connectivity index (χ3n) is 4.49. The highest BCUT2D eigenvalue weighted by atomic mass is 15.3. The lowest BCUT2D eigenvalue weighted by molar-refractivity contribution is 0.0149. The lowest BCUT2D eigenvalue weighted by Gasteiger charge is -2.48. The van der Waals surface area contributed by atoms with Gasteiger partial charge < -0.3 is 5.32 Å². The largest absolute Gasteiger partial charge is 0.314 e. The maximum atomic E-state index is 3.37. The van der Waals surface area contributed by atoms with Crippen LogP contribution in [0.2, 0.25) is 0 Å². The molecule has 0 atom stereocenters.